The quantitative estimate of drug-likeness (QED) is 0.712. The second-order valence-corrected chi connectivity index (χ2v) is 8.55. The van der Waals surface area contributed by atoms with E-state index in [9.17, 15) is 4.79 Å². The van der Waals surface area contributed by atoms with E-state index >= 15 is 0 Å². The van der Waals surface area contributed by atoms with Gasteiger partial charge in [-0.1, -0.05) is 0 Å². The molecule has 6 fully saturated rings. The molecule has 4 heteroatoms. The van der Waals surface area contributed by atoms with Crippen LogP contribution in [0, 0.1) is 23.7 Å². The van der Waals surface area contributed by atoms with E-state index in [1.807, 2.05) is 0 Å². The molecule has 1 aliphatic heterocycles. The van der Waals surface area contributed by atoms with Crippen molar-refractivity contribution in [2.24, 2.45) is 23.7 Å². The number of rotatable bonds is 2. The number of carbonyl (C=O) groups excluding carboxylic acids is 1. The first kappa shape index (κ1) is 12.0. The smallest absolute Gasteiger partial charge is 0.223 e. The van der Waals surface area contributed by atoms with Crippen LogP contribution in [0.4, 0.5) is 0 Å². The van der Waals surface area contributed by atoms with E-state index < -0.39 is 0 Å². The molecule has 6 aliphatic rings. The molecule has 0 aromatic heterocycles. The molecule has 0 atom stereocenters. The summed E-state index contributed by atoms with van der Waals surface area (Å²) in [6.45, 7) is 1.04. The molecule has 0 unspecified atom stereocenters. The Morgan fingerprint density at radius 2 is 1.50 bits per heavy atom. The molecule has 1 heterocycles. The van der Waals surface area contributed by atoms with Crippen LogP contribution in [0.1, 0.15) is 51.4 Å². The molecule has 1 amide bonds. The van der Waals surface area contributed by atoms with E-state index in [1.165, 1.54) is 38.5 Å². The van der Waals surface area contributed by atoms with E-state index in [1.54, 1.807) is 0 Å². The minimum absolute atomic E-state index is 0.194. The number of hydrogen-bond acceptors (Lipinski definition) is 3. The molecule has 1 spiro atoms. The van der Waals surface area contributed by atoms with Crippen LogP contribution >= 0.6 is 0 Å². The zero-order valence-electron chi connectivity index (χ0n) is 12.1. The summed E-state index contributed by atoms with van der Waals surface area (Å²) in [6.07, 6.45) is 10.2. The van der Waals surface area contributed by atoms with Gasteiger partial charge in [-0.25, -0.2) is 0 Å². The van der Waals surface area contributed by atoms with Crippen molar-refractivity contribution >= 4 is 5.91 Å². The number of hydrogen-bond donors (Lipinski definition) is 3. The highest BCUT2D eigenvalue weighted by atomic mass is 16.2. The lowest BCUT2D eigenvalue weighted by atomic mass is 9.53. The van der Waals surface area contributed by atoms with Crippen molar-refractivity contribution in [3.8, 4) is 0 Å². The van der Waals surface area contributed by atoms with Gasteiger partial charge >= 0.3 is 0 Å². The predicted octanol–water partition coefficient (Wildman–Crippen LogP) is 1.33. The molecule has 6 rings (SSSR count). The summed E-state index contributed by atoms with van der Waals surface area (Å²) in [4.78, 5) is 12.6. The van der Waals surface area contributed by atoms with Gasteiger partial charge in [-0.15, -0.1) is 0 Å². The minimum Gasteiger partial charge on any atom is -0.350 e. The third-order valence-electron chi connectivity index (χ3n) is 6.85. The minimum atomic E-state index is 0.194. The van der Waals surface area contributed by atoms with Crippen molar-refractivity contribution in [3.63, 3.8) is 0 Å². The first-order chi connectivity index (χ1) is 9.64. The Labute approximate surface area is 120 Å². The van der Waals surface area contributed by atoms with Crippen molar-refractivity contribution in [1.29, 1.82) is 0 Å². The van der Waals surface area contributed by atoms with Crippen LogP contribution < -0.4 is 16.2 Å². The first-order valence-electron chi connectivity index (χ1n) is 8.46. The first-order valence-corrected chi connectivity index (χ1v) is 8.46. The molecule has 4 nitrogen and oxygen atoms in total. The van der Waals surface area contributed by atoms with E-state index in [2.05, 4.69) is 16.2 Å². The number of carbonyl (C=O) groups is 1. The molecule has 5 saturated carbocycles. The van der Waals surface area contributed by atoms with Gasteiger partial charge in [0.25, 0.3) is 0 Å². The van der Waals surface area contributed by atoms with E-state index in [0.29, 0.717) is 5.91 Å². The Balaban J connectivity index is 1.26. The SMILES string of the molecule is O=C(NC12CC3CC(CC(C3)C1)C2)C1CC2(CNN2)C1. The fourth-order valence-electron chi connectivity index (χ4n) is 6.28. The molecule has 4 bridgehead atoms. The fraction of sp³-hybridized carbons (Fsp3) is 0.938. The molecule has 0 radical (unpaired) electrons. The van der Waals surface area contributed by atoms with Gasteiger partial charge < -0.3 is 5.32 Å². The summed E-state index contributed by atoms with van der Waals surface area (Å²) in [6, 6.07) is 0. The van der Waals surface area contributed by atoms with Crippen LogP contribution in [0.2, 0.25) is 0 Å². The Kier molecular flexibility index (Phi) is 2.26. The van der Waals surface area contributed by atoms with Gasteiger partial charge in [-0.3, -0.25) is 15.6 Å². The van der Waals surface area contributed by atoms with Crippen molar-refractivity contribution in [2.45, 2.75) is 62.4 Å². The lowest BCUT2D eigenvalue weighted by Crippen LogP contribution is -2.76. The Hall–Kier alpha value is -0.610. The number of nitrogens with one attached hydrogen (secondary N) is 3. The van der Waals surface area contributed by atoms with Crippen LogP contribution in [-0.4, -0.2) is 23.5 Å². The fourth-order valence-corrected chi connectivity index (χ4v) is 6.28. The highest BCUT2D eigenvalue weighted by molar-refractivity contribution is 5.81. The molecule has 110 valence electrons. The van der Waals surface area contributed by atoms with Crippen LogP contribution in [0.25, 0.3) is 0 Å². The maximum Gasteiger partial charge on any atom is 0.223 e. The van der Waals surface area contributed by atoms with Gasteiger partial charge in [0.15, 0.2) is 0 Å². The Bertz CT molecular complexity index is 413. The van der Waals surface area contributed by atoms with E-state index in [4.69, 9.17) is 0 Å². The largest absolute Gasteiger partial charge is 0.350 e. The third kappa shape index (κ3) is 1.64. The van der Waals surface area contributed by atoms with Gasteiger partial charge in [-0.2, -0.15) is 0 Å². The monoisotopic (exact) mass is 275 g/mol. The number of amides is 1. The zero-order chi connectivity index (χ0) is 13.4. The lowest BCUT2D eigenvalue weighted by molar-refractivity contribution is -0.138. The Morgan fingerprint density at radius 1 is 0.950 bits per heavy atom. The average molecular weight is 275 g/mol. The van der Waals surface area contributed by atoms with Crippen LogP contribution in [-0.2, 0) is 4.79 Å². The summed E-state index contributed by atoms with van der Waals surface area (Å²) < 4.78 is 0. The maximum absolute atomic E-state index is 12.6. The van der Waals surface area contributed by atoms with Gasteiger partial charge in [-0.05, 0) is 69.1 Å². The summed E-state index contributed by atoms with van der Waals surface area (Å²) in [5.41, 5.74) is 6.84. The molecule has 20 heavy (non-hydrogen) atoms. The van der Waals surface area contributed by atoms with Crippen molar-refractivity contribution in [2.75, 3.05) is 6.54 Å². The van der Waals surface area contributed by atoms with Crippen molar-refractivity contribution < 1.29 is 4.79 Å². The summed E-state index contributed by atoms with van der Waals surface area (Å²) >= 11 is 0. The number of hydrazine groups is 1. The van der Waals surface area contributed by atoms with E-state index in [-0.39, 0.29) is 17.0 Å². The standard InChI is InChI=1S/C16H25N3O/c20-14(13-7-16(8-13)9-17-19-16)18-15-4-10-1-11(5-15)3-12(2-10)6-15/h10-13,17,19H,1-9H2,(H,18,20). The van der Waals surface area contributed by atoms with Crippen LogP contribution in [0.15, 0.2) is 0 Å². The van der Waals surface area contributed by atoms with Crippen molar-refractivity contribution in [3.05, 3.63) is 0 Å². The molecule has 0 aromatic carbocycles. The highest BCUT2D eigenvalue weighted by Gasteiger charge is 2.55. The van der Waals surface area contributed by atoms with Gasteiger partial charge in [0.05, 0.1) is 0 Å². The van der Waals surface area contributed by atoms with Gasteiger partial charge in [0.1, 0.15) is 0 Å². The van der Waals surface area contributed by atoms with Gasteiger partial charge in [0.2, 0.25) is 5.91 Å². The molecule has 3 N–H and O–H groups in total. The van der Waals surface area contributed by atoms with Crippen molar-refractivity contribution in [1.82, 2.24) is 16.2 Å². The lowest BCUT2D eigenvalue weighted by Gasteiger charge is -2.58. The summed E-state index contributed by atoms with van der Waals surface area (Å²) in [7, 11) is 0. The maximum atomic E-state index is 12.6. The van der Waals surface area contributed by atoms with Gasteiger partial charge in [0, 0.05) is 23.5 Å². The molecule has 1 saturated heterocycles. The Morgan fingerprint density at radius 3 is 1.95 bits per heavy atom. The second kappa shape index (κ2) is 3.77. The predicted molar refractivity (Wildman–Crippen MR) is 75.6 cm³/mol. The molecule has 5 aliphatic carbocycles. The second-order valence-electron chi connectivity index (χ2n) is 8.55. The topological polar surface area (TPSA) is 53.2 Å². The summed E-state index contributed by atoms with van der Waals surface area (Å²) in [5, 5.41) is 3.53. The van der Waals surface area contributed by atoms with Crippen LogP contribution in [0.5, 0.6) is 0 Å². The summed E-state index contributed by atoms with van der Waals surface area (Å²) in [5.74, 6) is 3.34. The molecular weight excluding hydrogens is 250 g/mol. The van der Waals surface area contributed by atoms with Crippen LogP contribution in [0.3, 0.4) is 0 Å². The highest BCUT2D eigenvalue weighted by Crippen LogP contribution is 2.56. The molecule has 0 aromatic rings. The third-order valence-corrected chi connectivity index (χ3v) is 6.85. The molecular formula is C16H25N3O. The van der Waals surface area contributed by atoms with E-state index in [0.717, 1.165) is 37.1 Å². The normalized spacial score (nSPS) is 55.4. The average Bonchev–Trinajstić information content (AvgIpc) is 2.21. The zero-order valence-corrected chi connectivity index (χ0v) is 12.1.